The van der Waals surface area contributed by atoms with Crippen molar-refractivity contribution >= 4 is 17.5 Å². The molecule has 1 aliphatic rings. The van der Waals surface area contributed by atoms with Crippen LogP contribution in [0.15, 0.2) is 24.3 Å². The lowest BCUT2D eigenvalue weighted by atomic mass is 10.2. The minimum Gasteiger partial charge on any atom is -0.351 e. The number of unbranched alkanes of at least 4 members (excludes halogenated alkanes) is 1. The van der Waals surface area contributed by atoms with Gasteiger partial charge in [0.2, 0.25) is 0 Å². The van der Waals surface area contributed by atoms with Crippen LogP contribution in [0.4, 0.5) is 10.1 Å². The number of hydrogen-bond acceptors (Lipinski definition) is 2. The van der Waals surface area contributed by atoms with Gasteiger partial charge in [-0.25, -0.2) is 4.39 Å². The molecule has 1 heterocycles. The van der Waals surface area contributed by atoms with E-state index in [-0.39, 0.29) is 23.5 Å². The average molecular weight is 366 g/mol. The van der Waals surface area contributed by atoms with Gasteiger partial charge in [-0.05, 0) is 25.5 Å². The van der Waals surface area contributed by atoms with E-state index < -0.39 is 5.82 Å². The summed E-state index contributed by atoms with van der Waals surface area (Å²) in [5, 5.41) is 5.62. The maximum absolute atomic E-state index is 13.7. The van der Waals surface area contributed by atoms with E-state index in [0.717, 1.165) is 45.6 Å². The molecule has 7 heteroatoms. The number of piperazine rings is 1. The van der Waals surface area contributed by atoms with Crippen molar-refractivity contribution in [1.82, 2.24) is 5.32 Å². The third-order valence-corrected chi connectivity index (χ3v) is 5.00. The van der Waals surface area contributed by atoms with Crippen LogP contribution >= 0.6 is 0 Å². The van der Waals surface area contributed by atoms with Crippen molar-refractivity contribution in [3.63, 3.8) is 0 Å². The molecular weight excluding hydrogens is 335 g/mol. The maximum Gasteiger partial charge on any atom is 0.282 e. The highest BCUT2D eigenvalue weighted by atomic mass is 19.1. The first kappa shape index (κ1) is 20.3. The zero-order valence-corrected chi connectivity index (χ0v) is 15.7. The van der Waals surface area contributed by atoms with E-state index in [1.807, 2.05) is 6.92 Å². The summed E-state index contributed by atoms with van der Waals surface area (Å²) in [6.07, 6.45) is 2.08. The number of anilines is 1. The highest BCUT2D eigenvalue weighted by molar-refractivity contribution is 5.93. The van der Waals surface area contributed by atoms with Gasteiger partial charge in [0, 0.05) is 6.54 Å². The number of rotatable bonds is 8. The van der Waals surface area contributed by atoms with Crippen molar-refractivity contribution in [3.8, 4) is 0 Å². The number of quaternary nitrogens is 2. The van der Waals surface area contributed by atoms with Gasteiger partial charge in [0.15, 0.2) is 12.6 Å². The summed E-state index contributed by atoms with van der Waals surface area (Å²) in [7, 11) is 0. The van der Waals surface area contributed by atoms with Gasteiger partial charge in [0.05, 0.1) is 5.69 Å². The molecule has 144 valence electrons. The fourth-order valence-corrected chi connectivity index (χ4v) is 3.22. The predicted octanol–water partition coefficient (Wildman–Crippen LogP) is -1.15. The Morgan fingerprint density at radius 3 is 2.54 bits per heavy atom. The van der Waals surface area contributed by atoms with E-state index in [4.69, 9.17) is 0 Å². The largest absolute Gasteiger partial charge is 0.351 e. The average Bonchev–Trinajstić information content (AvgIpc) is 2.64. The van der Waals surface area contributed by atoms with Crippen LogP contribution in [0.3, 0.4) is 0 Å². The van der Waals surface area contributed by atoms with Crippen molar-refractivity contribution in [3.05, 3.63) is 30.1 Å². The maximum atomic E-state index is 13.7. The number of carbonyl (C=O) groups excluding carboxylic acids is 2. The van der Waals surface area contributed by atoms with Gasteiger partial charge < -0.3 is 20.4 Å². The van der Waals surface area contributed by atoms with Gasteiger partial charge in [0.25, 0.3) is 11.8 Å². The molecule has 1 saturated heterocycles. The zero-order chi connectivity index (χ0) is 18.9. The van der Waals surface area contributed by atoms with Crippen LogP contribution in [0.2, 0.25) is 0 Å². The smallest absolute Gasteiger partial charge is 0.282 e. The Kier molecular flexibility index (Phi) is 8.00. The van der Waals surface area contributed by atoms with Crippen LogP contribution in [0.1, 0.15) is 26.7 Å². The normalized spacial score (nSPS) is 21.0. The molecule has 1 fully saturated rings. The molecule has 4 N–H and O–H groups in total. The molecule has 0 spiro atoms. The van der Waals surface area contributed by atoms with Gasteiger partial charge in [-0.15, -0.1) is 0 Å². The minimum atomic E-state index is -0.425. The third kappa shape index (κ3) is 6.07. The number of hydrogen-bond donors (Lipinski definition) is 4. The van der Waals surface area contributed by atoms with E-state index in [0.29, 0.717) is 6.54 Å². The lowest BCUT2D eigenvalue weighted by molar-refractivity contribution is -1.01. The van der Waals surface area contributed by atoms with Crippen molar-refractivity contribution in [1.29, 1.82) is 0 Å². The summed E-state index contributed by atoms with van der Waals surface area (Å²) in [5.41, 5.74) is 0.219. The number of para-hydroxylation sites is 1. The van der Waals surface area contributed by atoms with Crippen LogP contribution < -0.4 is 20.4 Å². The van der Waals surface area contributed by atoms with Crippen LogP contribution in [0, 0.1) is 5.82 Å². The Balaban J connectivity index is 1.75. The highest BCUT2D eigenvalue weighted by Gasteiger charge is 2.31. The summed E-state index contributed by atoms with van der Waals surface area (Å²) < 4.78 is 13.7. The second-order valence-electron chi connectivity index (χ2n) is 6.98. The van der Waals surface area contributed by atoms with Crippen LogP contribution in [-0.2, 0) is 9.59 Å². The minimum absolute atomic E-state index is 0.0993. The molecule has 0 radical (unpaired) electrons. The Hall–Kier alpha value is -1.99. The van der Waals surface area contributed by atoms with Gasteiger partial charge in [-0.3, -0.25) is 9.59 Å². The first-order valence-electron chi connectivity index (χ1n) is 9.51. The molecule has 0 saturated carbocycles. The van der Waals surface area contributed by atoms with Gasteiger partial charge in [0.1, 0.15) is 32.0 Å². The number of nitrogens with one attached hydrogen (secondary N) is 4. The molecule has 1 atom stereocenters. The Labute approximate surface area is 154 Å². The van der Waals surface area contributed by atoms with E-state index in [1.54, 1.807) is 18.2 Å². The quantitative estimate of drug-likeness (QED) is 0.439. The summed E-state index contributed by atoms with van der Waals surface area (Å²) in [5.74, 6) is -0.500. The predicted molar refractivity (Wildman–Crippen MR) is 98.7 cm³/mol. The first-order chi connectivity index (χ1) is 12.5. The van der Waals surface area contributed by atoms with Crippen LogP contribution in [0.25, 0.3) is 0 Å². The molecule has 6 nitrogen and oxygen atoms in total. The van der Waals surface area contributed by atoms with Crippen molar-refractivity contribution in [2.24, 2.45) is 0 Å². The molecule has 1 aromatic rings. The molecule has 1 aliphatic heterocycles. The van der Waals surface area contributed by atoms with Gasteiger partial charge >= 0.3 is 0 Å². The second-order valence-corrected chi connectivity index (χ2v) is 6.98. The number of carbonyl (C=O) groups is 2. The monoisotopic (exact) mass is 366 g/mol. The standard InChI is InChI=1S/C19H29FN4O2/c1-3-4-9-21-18(25)14-23-10-12-24(13-11-23)15(2)19(26)22-17-8-6-5-7-16(17)20/h5-8,15H,3-4,9-14H2,1-2H3,(H,21,25)(H,22,26)/p+2/t15-/m1/s1. The molecule has 1 aromatic carbocycles. The molecule has 0 bridgehead atoms. The molecule has 0 aliphatic carbocycles. The van der Waals surface area contributed by atoms with Gasteiger partial charge in [-0.1, -0.05) is 25.5 Å². The van der Waals surface area contributed by atoms with E-state index >= 15 is 0 Å². The zero-order valence-electron chi connectivity index (χ0n) is 15.7. The van der Waals surface area contributed by atoms with Crippen molar-refractivity contribution < 1.29 is 23.8 Å². The summed E-state index contributed by atoms with van der Waals surface area (Å²) in [4.78, 5) is 26.7. The Morgan fingerprint density at radius 1 is 1.19 bits per heavy atom. The molecule has 2 rings (SSSR count). The summed E-state index contributed by atoms with van der Waals surface area (Å²) in [6.45, 7) is 8.56. The summed E-state index contributed by atoms with van der Waals surface area (Å²) in [6, 6.07) is 5.94. The fourth-order valence-electron chi connectivity index (χ4n) is 3.22. The lowest BCUT2D eigenvalue weighted by Crippen LogP contribution is -3.30. The Bertz CT molecular complexity index is 603. The lowest BCUT2D eigenvalue weighted by Gasteiger charge is -2.32. The number of amides is 2. The molecule has 0 unspecified atom stereocenters. The Morgan fingerprint density at radius 2 is 1.88 bits per heavy atom. The van der Waals surface area contributed by atoms with Crippen LogP contribution in [-0.4, -0.2) is 57.1 Å². The topological polar surface area (TPSA) is 67.1 Å². The SMILES string of the molecule is CCCCNC(=O)C[NH+]1CC[NH+]([C@H](C)C(=O)Nc2ccccc2F)CC1. The third-order valence-electron chi connectivity index (χ3n) is 5.00. The summed E-state index contributed by atoms with van der Waals surface area (Å²) >= 11 is 0. The second kappa shape index (κ2) is 10.2. The van der Waals surface area contributed by atoms with Crippen molar-refractivity contribution in [2.45, 2.75) is 32.7 Å². The van der Waals surface area contributed by atoms with Crippen molar-refractivity contribution in [2.75, 3.05) is 44.6 Å². The van der Waals surface area contributed by atoms with Crippen LogP contribution in [0.5, 0.6) is 0 Å². The first-order valence-corrected chi connectivity index (χ1v) is 9.51. The number of benzene rings is 1. The van der Waals surface area contributed by atoms with Gasteiger partial charge in [-0.2, -0.15) is 0 Å². The molecular formula is C19H31FN4O2+2. The molecule has 2 amide bonds. The van der Waals surface area contributed by atoms with E-state index in [1.165, 1.54) is 15.9 Å². The van der Waals surface area contributed by atoms with E-state index in [9.17, 15) is 14.0 Å². The van der Waals surface area contributed by atoms with E-state index in [2.05, 4.69) is 17.6 Å². The molecule has 26 heavy (non-hydrogen) atoms. The fraction of sp³-hybridized carbons (Fsp3) is 0.579. The number of halogens is 1. The molecule has 0 aromatic heterocycles. The highest BCUT2D eigenvalue weighted by Crippen LogP contribution is 2.12.